The number of carbonyl (C=O) groups excluding carboxylic acids is 2. The number of rotatable bonds is 4. The van der Waals surface area contributed by atoms with Crippen LogP contribution in [0.1, 0.15) is 24.8 Å². The molecule has 124 valence electrons. The first-order valence-corrected chi connectivity index (χ1v) is 8.42. The van der Waals surface area contributed by atoms with Crippen molar-refractivity contribution in [2.24, 2.45) is 5.92 Å². The van der Waals surface area contributed by atoms with Crippen molar-refractivity contribution in [1.82, 2.24) is 9.80 Å². The highest BCUT2D eigenvalue weighted by Crippen LogP contribution is 2.22. The Balaban J connectivity index is 1.51. The first-order valence-electron chi connectivity index (χ1n) is 8.42. The molecule has 0 aliphatic carbocycles. The van der Waals surface area contributed by atoms with Crippen LogP contribution >= 0.6 is 0 Å². The number of hydrogen-bond acceptors (Lipinski definition) is 3. The second-order valence-electron chi connectivity index (χ2n) is 6.53. The SMILES string of the molecule is O=C1CC(C(=O)N2CCC(O)CC2)CN1CCc1ccccc1. The van der Waals surface area contributed by atoms with Gasteiger partial charge in [0.2, 0.25) is 11.8 Å². The first kappa shape index (κ1) is 16.0. The van der Waals surface area contributed by atoms with Gasteiger partial charge in [-0.2, -0.15) is 0 Å². The van der Waals surface area contributed by atoms with E-state index in [-0.39, 0.29) is 23.8 Å². The van der Waals surface area contributed by atoms with Crippen LogP contribution in [0.2, 0.25) is 0 Å². The molecule has 1 aromatic carbocycles. The Morgan fingerprint density at radius 2 is 1.87 bits per heavy atom. The molecule has 0 bridgehead atoms. The zero-order valence-electron chi connectivity index (χ0n) is 13.4. The lowest BCUT2D eigenvalue weighted by Gasteiger charge is -2.31. The molecule has 0 radical (unpaired) electrons. The second kappa shape index (κ2) is 7.13. The van der Waals surface area contributed by atoms with Crippen LogP contribution in [0, 0.1) is 5.92 Å². The molecule has 0 aromatic heterocycles. The molecule has 3 rings (SSSR count). The summed E-state index contributed by atoms with van der Waals surface area (Å²) in [4.78, 5) is 28.3. The van der Waals surface area contributed by atoms with Crippen LogP contribution in [0.3, 0.4) is 0 Å². The molecule has 1 unspecified atom stereocenters. The van der Waals surface area contributed by atoms with Gasteiger partial charge in [0, 0.05) is 32.6 Å². The summed E-state index contributed by atoms with van der Waals surface area (Å²) in [6.07, 6.45) is 2.15. The third-order valence-electron chi connectivity index (χ3n) is 4.85. The highest BCUT2D eigenvalue weighted by molar-refractivity contribution is 5.89. The van der Waals surface area contributed by atoms with Gasteiger partial charge in [-0.3, -0.25) is 9.59 Å². The van der Waals surface area contributed by atoms with E-state index in [1.807, 2.05) is 28.0 Å². The Morgan fingerprint density at radius 1 is 1.17 bits per heavy atom. The van der Waals surface area contributed by atoms with Gasteiger partial charge in [-0.15, -0.1) is 0 Å². The molecule has 2 aliphatic rings. The molecule has 5 nitrogen and oxygen atoms in total. The van der Waals surface area contributed by atoms with Gasteiger partial charge in [0.05, 0.1) is 12.0 Å². The molecular formula is C18H24N2O3. The molecule has 1 atom stereocenters. The number of aliphatic hydroxyl groups excluding tert-OH is 1. The minimum absolute atomic E-state index is 0.0764. The highest BCUT2D eigenvalue weighted by Gasteiger charge is 2.37. The molecule has 5 heteroatoms. The highest BCUT2D eigenvalue weighted by atomic mass is 16.3. The number of amides is 2. The van der Waals surface area contributed by atoms with E-state index in [9.17, 15) is 14.7 Å². The molecule has 2 heterocycles. The first-order chi connectivity index (χ1) is 11.1. The molecule has 23 heavy (non-hydrogen) atoms. The van der Waals surface area contributed by atoms with E-state index in [1.54, 1.807) is 0 Å². The molecule has 2 aliphatic heterocycles. The molecule has 2 fully saturated rings. The van der Waals surface area contributed by atoms with Crippen molar-refractivity contribution in [2.75, 3.05) is 26.2 Å². The summed E-state index contributed by atoms with van der Waals surface area (Å²) in [6, 6.07) is 10.1. The van der Waals surface area contributed by atoms with Gasteiger partial charge < -0.3 is 14.9 Å². The van der Waals surface area contributed by atoms with Gasteiger partial charge in [0.15, 0.2) is 0 Å². The second-order valence-corrected chi connectivity index (χ2v) is 6.53. The minimum atomic E-state index is -0.286. The Labute approximate surface area is 136 Å². The standard InChI is InChI=1S/C18H24N2O3/c21-16-7-10-19(11-8-16)18(23)15-12-17(22)20(13-15)9-6-14-4-2-1-3-5-14/h1-5,15-16,21H,6-13H2. The number of hydrogen-bond donors (Lipinski definition) is 1. The van der Waals surface area contributed by atoms with E-state index in [2.05, 4.69) is 12.1 Å². The minimum Gasteiger partial charge on any atom is -0.393 e. The van der Waals surface area contributed by atoms with Crippen molar-refractivity contribution in [3.63, 3.8) is 0 Å². The van der Waals surface area contributed by atoms with Crippen LogP contribution in [-0.2, 0) is 16.0 Å². The summed E-state index contributed by atoms with van der Waals surface area (Å²) in [5.74, 6) is -0.0581. The van der Waals surface area contributed by atoms with E-state index in [4.69, 9.17) is 0 Å². The predicted octanol–water partition coefficient (Wildman–Crippen LogP) is 1.06. The van der Waals surface area contributed by atoms with E-state index >= 15 is 0 Å². The normalized spacial score (nSPS) is 22.7. The van der Waals surface area contributed by atoms with Crippen molar-refractivity contribution in [1.29, 1.82) is 0 Å². The maximum atomic E-state index is 12.5. The third-order valence-corrected chi connectivity index (χ3v) is 4.85. The van der Waals surface area contributed by atoms with Crippen LogP contribution in [0.5, 0.6) is 0 Å². The predicted molar refractivity (Wildman–Crippen MR) is 86.7 cm³/mol. The molecule has 0 spiro atoms. The quantitative estimate of drug-likeness (QED) is 0.903. The lowest BCUT2D eigenvalue weighted by Crippen LogP contribution is -2.43. The van der Waals surface area contributed by atoms with Gasteiger partial charge in [0.25, 0.3) is 0 Å². The summed E-state index contributed by atoms with van der Waals surface area (Å²) >= 11 is 0. The van der Waals surface area contributed by atoms with Crippen molar-refractivity contribution >= 4 is 11.8 Å². The van der Waals surface area contributed by atoms with Crippen LogP contribution in [0.4, 0.5) is 0 Å². The Kier molecular flexibility index (Phi) is 4.96. The van der Waals surface area contributed by atoms with E-state index in [0.29, 0.717) is 45.4 Å². The summed E-state index contributed by atoms with van der Waals surface area (Å²) in [7, 11) is 0. The number of nitrogens with zero attached hydrogens (tertiary/aromatic N) is 2. The van der Waals surface area contributed by atoms with E-state index in [1.165, 1.54) is 5.56 Å². The van der Waals surface area contributed by atoms with E-state index in [0.717, 1.165) is 6.42 Å². The zero-order valence-corrected chi connectivity index (χ0v) is 13.4. The lowest BCUT2D eigenvalue weighted by molar-refractivity contribution is -0.137. The van der Waals surface area contributed by atoms with Gasteiger partial charge in [-0.05, 0) is 24.8 Å². The molecule has 1 N–H and O–H groups in total. The Hall–Kier alpha value is -1.88. The largest absolute Gasteiger partial charge is 0.393 e. The van der Waals surface area contributed by atoms with Crippen molar-refractivity contribution in [3.05, 3.63) is 35.9 Å². The fourth-order valence-corrected chi connectivity index (χ4v) is 3.41. The van der Waals surface area contributed by atoms with Crippen LogP contribution in [0.15, 0.2) is 30.3 Å². The monoisotopic (exact) mass is 316 g/mol. The van der Waals surface area contributed by atoms with Crippen LogP contribution in [-0.4, -0.2) is 59.0 Å². The molecule has 1 aromatic rings. The Bertz CT molecular complexity index is 553. The number of piperidine rings is 1. The average Bonchev–Trinajstić information content (AvgIpc) is 2.95. The van der Waals surface area contributed by atoms with Crippen LogP contribution < -0.4 is 0 Å². The third kappa shape index (κ3) is 3.91. The van der Waals surface area contributed by atoms with Crippen LogP contribution in [0.25, 0.3) is 0 Å². The summed E-state index contributed by atoms with van der Waals surface area (Å²) in [6.45, 7) is 2.41. The van der Waals surface area contributed by atoms with Gasteiger partial charge in [-0.25, -0.2) is 0 Å². The number of benzene rings is 1. The molecule has 2 amide bonds. The molecular weight excluding hydrogens is 292 g/mol. The lowest BCUT2D eigenvalue weighted by atomic mass is 10.0. The summed E-state index contributed by atoms with van der Waals surface area (Å²) < 4.78 is 0. The number of aliphatic hydroxyl groups is 1. The molecule has 2 saturated heterocycles. The van der Waals surface area contributed by atoms with Gasteiger partial charge in [0.1, 0.15) is 0 Å². The smallest absolute Gasteiger partial charge is 0.227 e. The van der Waals surface area contributed by atoms with Crippen molar-refractivity contribution < 1.29 is 14.7 Å². The van der Waals surface area contributed by atoms with Crippen molar-refractivity contribution in [2.45, 2.75) is 31.8 Å². The maximum Gasteiger partial charge on any atom is 0.227 e. The number of likely N-dealkylation sites (tertiary alicyclic amines) is 2. The molecule has 0 saturated carbocycles. The fourth-order valence-electron chi connectivity index (χ4n) is 3.41. The summed E-state index contributed by atoms with van der Waals surface area (Å²) in [5.41, 5.74) is 1.21. The fraction of sp³-hybridized carbons (Fsp3) is 0.556. The van der Waals surface area contributed by atoms with Gasteiger partial charge in [-0.1, -0.05) is 30.3 Å². The van der Waals surface area contributed by atoms with Crippen molar-refractivity contribution in [3.8, 4) is 0 Å². The van der Waals surface area contributed by atoms with Gasteiger partial charge >= 0.3 is 0 Å². The zero-order chi connectivity index (χ0) is 16.2. The summed E-state index contributed by atoms with van der Waals surface area (Å²) in [5, 5.41) is 9.54. The topological polar surface area (TPSA) is 60.9 Å². The van der Waals surface area contributed by atoms with E-state index < -0.39 is 0 Å². The average molecular weight is 316 g/mol. The number of carbonyl (C=O) groups is 2. The maximum absolute atomic E-state index is 12.5. The Morgan fingerprint density at radius 3 is 2.57 bits per heavy atom.